The number of amides is 1. The largest absolute Gasteiger partial charge is 0.459 e. The van der Waals surface area contributed by atoms with Crippen LogP contribution in [0.25, 0.3) is 0 Å². The summed E-state index contributed by atoms with van der Waals surface area (Å²) in [5, 5.41) is 0.827. The number of piperidine rings is 1. The Balaban J connectivity index is 1.38. The second-order valence-corrected chi connectivity index (χ2v) is 8.65. The molecule has 0 N–H and O–H groups in total. The van der Waals surface area contributed by atoms with Gasteiger partial charge in [-0.3, -0.25) is 9.69 Å². The number of ether oxygens (including phenoxy) is 1. The summed E-state index contributed by atoms with van der Waals surface area (Å²) in [4.78, 5) is 26.4. The number of hydrogen-bond donors (Lipinski definition) is 0. The molecule has 0 spiro atoms. The maximum absolute atomic E-state index is 12.7. The van der Waals surface area contributed by atoms with E-state index in [1.165, 1.54) is 0 Å². The van der Waals surface area contributed by atoms with Gasteiger partial charge in [0.05, 0.1) is 25.2 Å². The van der Waals surface area contributed by atoms with Gasteiger partial charge in [-0.15, -0.1) is 0 Å². The van der Waals surface area contributed by atoms with Gasteiger partial charge in [-0.1, -0.05) is 11.8 Å². The van der Waals surface area contributed by atoms with E-state index in [4.69, 9.17) is 14.1 Å². The maximum atomic E-state index is 12.7. The molecule has 1 unspecified atom stereocenters. The molecule has 0 aromatic carbocycles. The van der Waals surface area contributed by atoms with Gasteiger partial charge in [0.2, 0.25) is 0 Å². The molecule has 4 heterocycles. The molecule has 0 aliphatic carbocycles. The quantitative estimate of drug-likeness (QED) is 0.530. The highest BCUT2D eigenvalue weighted by Crippen LogP contribution is 2.29. The number of hydrogen-bond acceptors (Lipinski definition) is 7. The Morgan fingerprint density at radius 3 is 2.97 bits per heavy atom. The van der Waals surface area contributed by atoms with Crippen LogP contribution in [0.3, 0.4) is 0 Å². The zero-order valence-corrected chi connectivity index (χ0v) is 17.7. The third kappa shape index (κ3) is 5.18. The van der Waals surface area contributed by atoms with Crippen LogP contribution in [0.5, 0.6) is 0 Å². The van der Waals surface area contributed by atoms with Crippen LogP contribution < -0.4 is 0 Å². The van der Waals surface area contributed by atoms with Crippen LogP contribution in [0.1, 0.15) is 40.6 Å². The lowest BCUT2D eigenvalue weighted by molar-refractivity contribution is 0.0410. The van der Waals surface area contributed by atoms with Crippen molar-refractivity contribution >= 4 is 17.7 Å². The Labute approximate surface area is 175 Å². The van der Waals surface area contributed by atoms with E-state index in [2.05, 4.69) is 16.8 Å². The van der Waals surface area contributed by atoms with Crippen molar-refractivity contribution in [2.24, 2.45) is 0 Å². The summed E-state index contributed by atoms with van der Waals surface area (Å²) in [6, 6.07) is 3.48. The number of nitrogens with zero attached hydrogens (tertiary/aromatic N) is 4. The van der Waals surface area contributed by atoms with E-state index >= 15 is 0 Å². The Hall–Kier alpha value is -1.90. The summed E-state index contributed by atoms with van der Waals surface area (Å²) in [7, 11) is 0. The minimum absolute atomic E-state index is 0.0356. The lowest BCUT2D eigenvalue weighted by atomic mass is 9.92. The highest BCUT2D eigenvalue weighted by Gasteiger charge is 2.28. The Morgan fingerprint density at radius 2 is 2.17 bits per heavy atom. The van der Waals surface area contributed by atoms with Crippen molar-refractivity contribution in [3.05, 3.63) is 41.6 Å². The zero-order valence-electron chi connectivity index (χ0n) is 16.9. The number of morpholine rings is 1. The van der Waals surface area contributed by atoms with Crippen molar-refractivity contribution in [2.45, 2.75) is 30.8 Å². The summed E-state index contributed by atoms with van der Waals surface area (Å²) in [6.07, 6.45) is 5.48. The highest BCUT2D eigenvalue weighted by molar-refractivity contribution is 7.99. The van der Waals surface area contributed by atoms with Crippen LogP contribution >= 0.6 is 11.8 Å². The van der Waals surface area contributed by atoms with Crippen LogP contribution in [0.4, 0.5) is 0 Å². The van der Waals surface area contributed by atoms with Gasteiger partial charge in [-0.05, 0) is 37.5 Å². The summed E-state index contributed by atoms with van der Waals surface area (Å²) in [5.74, 6) is 1.58. The Kier molecular flexibility index (Phi) is 6.84. The molecule has 2 aliphatic rings. The molecule has 1 atom stereocenters. The van der Waals surface area contributed by atoms with E-state index in [1.54, 1.807) is 30.2 Å². The minimum atomic E-state index is -0.0356. The zero-order chi connectivity index (χ0) is 20.1. The van der Waals surface area contributed by atoms with Gasteiger partial charge < -0.3 is 14.1 Å². The van der Waals surface area contributed by atoms with E-state index in [1.807, 2.05) is 11.1 Å². The van der Waals surface area contributed by atoms with Crippen molar-refractivity contribution in [1.29, 1.82) is 0 Å². The molecule has 2 fully saturated rings. The van der Waals surface area contributed by atoms with Crippen molar-refractivity contribution in [2.75, 3.05) is 51.7 Å². The molecule has 2 aliphatic heterocycles. The summed E-state index contributed by atoms with van der Waals surface area (Å²) in [6.45, 7) is 8.18. The van der Waals surface area contributed by atoms with Crippen molar-refractivity contribution in [3.8, 4) is 0 Å². The standard InChI is InChI=1S/C21H28N4O3S/c1-16-14-22-21(29-13-9-24-7-11-27-12-8-24)23-19(16)17-4-2-6-25(15-17)20(26)18-5-3-10-28-18/h3,5,10,14,17H,2,4,6-9,11-13,15H2,1H3. The molecule has 4 rings (SSSR count). The van der Waals surface area contributed by atoms with E-state index in [-0.39, 0.29) is 11.8 Å². The number of carbonyl (C=O) groups is 1. The fourth-order valence-corrected chi connectivity index (χ4v) is 4.77. The highest BCUT2D eigenvalue weighted by atomic mass is 32.2. The van der Waals surface area contributed by atoms with Crippen molar-refractivity contribution in [1.82, 2.24) is 19.8 Å². The average Bonchev–Trinajstić information content (AvgIpc) is 3.30. The molecule has 29 heavy (non-hydrogen) atoms. The number of furan rings is 1. The van der Waals surface area contributed by atoms with E-state index in [9.17, 15) is 4.79 Å². The molecular weight excluding hydrogens is 388 g/mol. The van der Waals surface area contributed by atoms with Crippen molar-refractivity contribution < 1.29 is 13.9 Å². The van der Waals surface area contributed by atoms with Gasteiger partial charge in [-0.2, -0.15) is 0 Å². The topological polar surface area (TPSA) is 71.7 Å². The summed E-state index contributed by atoms with van der Waals surface area (Å²) < 4.78 is 10.7. The van der Waals surface area contributed by atoms with Gasteiger partial charge in [0.1, 0.15) is 0 Å². The van der Waals surface area contributed by atoms with E-state index in [0.29, 0.717) is 12.3 Å². The molecule has 2 aromatic rings. The molecule has 2 aromatic heterocycles. The molecule has 0 saturated carbocycles. The molecular formula is C21H28N4O3S. The predicted molar refractivity (Wildman–Crippen MR) is 111 cm³/mol. The summed E-state index contributed by atoms with van der Waals surface area (Å²) in [5.41, 5.74) is 2.17. The van der Waals surface area contributed by atoms with Crippen LogP contribution in [0.2, 0.25) is 0 Å². The van der Waals surface area contributed by atoms with Crippen LogP contribution in [0, 0.1) is 6.92 Å². The van der Waals surface area contributed by atoms with Crippen LogP contribution in [-0.4, -0.2) is 77.4 Å². The van der Waals surface area contributed by atoms with E-state index in [0.717, 1.165) is 74.4 Å². The number of carbonyl (C=O) groups excluding carboxylic acids is 1. The molecule has 0 bridgehead atoms. The number of thioether (sulfide) groups is 1. The lowest BCUT2D eigenvalue weighted by Crippen LogP contribution is -2.39. The van der Waals surface area contributed by atoms with E-state index < -0.39 is 0 Å². The molecule has 156 valence electrons. The smallest absolute Gasteiger partial charge is 0.289 e. The van der Waals surface area contributed by atoms with Gasteiger partial charge in [0.25, 0.3) is 5.91 Å². The molecule has 7 nitrogen and oxygen atoms in total. The fourth-order valence-electron chi connectivity index (χ4n) is 3.95. The third-order valence-electron chi connectivity index (χ3n) is 5.56. The SMILES string of the molecule is Cc1cnc(SCCN2CCOCC2)nc1C1CCCN(C(=O)c2ccco2)C1. The van der Waals surface area contributed by atoms with Gasteiger partial charge in [0, 0.05) is 50.6 Å². The van der Waals surface area contributed by atoms with Gasteiger partial charge in [0.15, 0.2) is 10.9 Å². The lowest BCUT2D eigenvalue weighted by Gasteiger charge is -2.32. The molecule has 8 heteroatoms. The number of rotatable bonds is 6. The number of aryl methyl sites for hydroxylation is 1. The first-order valence-electron chi connectivity index (χ1n) is 10.3. The number of aromatic nitrogens is 2. The first kappa shape index (κ1) is 20.4. The Morgan fingerprint density at radius 1 is 1.31 bits per heavy atom. The normalized spacial score (nSPS) is 20.7. The monoisotopic (exact) mass is 416 g/mol. The molecule has 2 saturated heterocycles. The first-order chi connectivity index (χ1) is 14.2. The molecule has 1 amide bonds. The van der Waals surface area contributed by atoms with Gasteiger partial charge >= 0.3 is 0 Å². The van der Waals surface area contributed by atoms with Gasteiger partial charge in [-0.25, -0.2) is 9.97 Å². The fraction of sp³-hybridized carbons (Fsp3) is 0.571. The second-order valence-electron chi connectivity index (χ2n) is 7.59. The predicted octanol–water partition coefficient (Wildman–Crippen LogP) is 2.82. The third-order valence-corrected chi connectivity index (χ3v) is 6.40. The summed E-state index contributed by atoms with van der Waals surface area (Å²) >= 11 is 1.71. The van der Waals surface area contributed by atoms with Crippen LogP contribution in [-0.2, 0) is 4.74 Å². The molecule has 0 radical (unpaired) electrons. The Bertz CT molecular complexity index is 808. The first-order valence-corrected chi connectivity index (χ1v) is 11.3. The number of likely N-dealkylation sites (tertiary alicyclic amines) is 1. The average molecular weight is 417 g/mol. The maximum Gasteiger partial charge on any atom is 0.289 e. The van der Waals surface area contributed by atoms with Crippen molar-refractivity contribution in [3.63, 3.8) is 0 Å². The minimum Gasteiger partial charge on any atom is -0.459 e. The second kappa shape index (κ2) is 9.73. The van der Waals surface area contributed by atoms with Crippen LogP contribution in [0.15, 0.2) is 34.2 Å².